The van der Waals surface area contributed by atoms with Gasteiger partial charge in [-0.25, -0.2) is 9.67 Å². The van der Waals surface area contributed by atoms with E-state index in [9.17, 15) is 0 Å². The largest absolute Gasteiger partial charge is 0.481 e. The molecule has 2 aromatic heterocycles. The van der Waals surface area contributed by atoms with E-state index in [4.69, 9.17) is 4.74 Å². The van der Waals surface area contributed by atoms with Crippen molar-refractivity contribution in [3.8, 4) is 5.88 Å². The summed E-state index contributed by atoms with van der Waals surface area (Å²) in [6, 6.07) is 0. The molecule has 1 aliphatic rings. The van der Waals surface area contributed by atoms with Gasteiger partial charge in [-0.3, -0.25) is 4.90 Å². The summed E-state index contributed by atoms with van der Waals surface area (Å²) in [4.78, 5) is 7.01. The molecule has 0 spiro atoms. The number of aromatic nitrogens is 4. The predicted molar refractivity (Wildman–Crippen MR) is 89.4 cm³/mol. The molecule has 3 heterocycles. The van der Waals surface area contributed by atoms with Gasteiger partial charge in [0.25, 0.3) is 0 Å². The number of rotatable bonds is 5. The van der Waals surface area contributed by atoms with Crippen LogP contribution >= 0.6 is 0 Å². The number of ether oxygens (including phenoxy) is 1. The lowest BCUT2D eigenvalue weighted by Crippen LogP contribution is -2.36. The van der Waals surface area contributed by atoms with Crippen LogP contribution in [0.2, 0.25) is 0 Å². The zero-order chi connectivity index (χ0) is 16.4. The lowest BCUT2D eigenvalue weighted by atomic mass is 9.94. The van der Waals surface area contributed by atoms with E-state index in [1.165, 1.54) is 24.2 Å². The molecule has 6 nitrogen and oxygen atoms in total. The van der Waals surface area contributed by atoms with Gasteiger partial charge in [-0.2, -0.15) is 5.10 Å². The average Bonchev–Trinajstić information content (AvgIpc) is 3.03. The second kappa shape index (κ2) is 6.74. The normalized spacial score (nSPS) is 19.2. The lowest BCUT2D eigenvalue weighted by molar-refractivity contribution is 0.163. The summed E-state index contributed by atoms with van der Waals surface area (Å²) in [6.07, 6.45) is 7.51. The van der Waals surface area contributed by atoms with E-state index >= 15 is 0 Å². The first-order chi connectivity index (χ1) is 11.1. The topological polar surface area (TPSA) is 48.1 Å². The Bertz CT molecular complexity index is 660. The van der Waals surface area contributed by atoms with Crippen LogP contribution in [0.25, 0.3) is 0 Å². The molecule has 0 N–H and O–H groups in total. The maximum Gasteiger partial charge on any atom is 0.216 e. The number of likely N-dealkylation sites (tertiary alicyclic amines) is 1. The van der Waals surface area contributed by atoms with Crippen LogP contribution in [-0.2, 0) is 27.1 Å². The van der Waals surface area contributed by atoms with Crippen molar-refractivity contribution in [3.05, 3.63) is 29.5 Å². The van der Waals surface area contributed by atoms with Crippen LogP contribution < -0.4 is 4.74 Å². The van der Waals surface area contributed by atoms with Crippen LogP contribution in [0.3, 0.4) is 0 Å². The molecule has 1 atom stereocenters. The molecule has 2 aromatic rings. The number of hydrogen-bond donors (Lipinski definition) is 0. The molecular weight excluding hydrogens is 290 g/mol. The Balaban J connectivity index is 1.66. The number of methoxy groups -OCH3 is 1. The Labute approximate surface area is 138 Å². The Hall–Kier alpha value is -1.82. The highest BCUT2D eigenvalue weighted by Crippen LogP contribution is 2.26. The second-order valence-electron chi connectivity index (χ2n) is 6.60. The molecule has 23 heavy (non-hydrogen) atoms. The molecule has 0 amide bonds. The van der Waals surface area contributed by atoms with E-state index < -0.39 is 0 Å². The van der Waals surface area contributed by atoms with Gasteiger partial charge in [-0.05, 0) is 32.2 Å². The molecular formula is C17H27N5O. The average molecular weight is 317 g/mol. The first-order valence-electron chi connectivity index (χ1n) is 8.33. The summed E-state index contributed by atoms with van der Waals surface area (Å²) in [5.41, 5.74) is 2.28. The van der Waals surface area contributed by atoms with Crippen molar-refractivity contribution in [1.82, 2.24) is 24.2 Å². The molecule has 1 aliphatic heterocycles. The minimum Gasteiger partial charge on any atom is -0.481 e. The number of hydrogen-bond acceptors (Lipinski definition) is 4. The molecule has 126 valence electrons. The van der Waals surface area contributed by atoms with E-state index in [1.807, 2.05) is 24.1 Å². The maximum atomic E-state index is 5.53. The van der Waals surface area contributed by atoms with Gasteiger partial charge in [0.15, 0.2) is 0 Å². The summed E-state index contributed by atoms with van der Waals surface area (Å²) < 4.78 is 9.49. The summed E-state index contributed by atoms with van der Waals surface area (Å²) >= 11 is 0. The molecule has 3 rings (SSSR count). The predicted octanol–water partition coefficient (Wildman–Crippen LogP) is 1.93. The zero-order valence-electron chi connectivity index (χ0n) is 14.6. The van der Waals surface area contributed by atoms with Crippen molar-refractivity contribution in [2.24, 2.45) is 20.0 Å². The van der Waals surface area contributed by atoms with Gasteiger partial charge in [0.2, 0.25) is 5.88 Å². The third-order valence-corrected chi connectivity index (χ3v) is 4.86. The lowest BCUT2D eigenvalue weighted by Gasteiger charge is -2.32. The quantitative estimate of drug-likeness (QED) is 0.845. The molecule has 1 fully saturated rings. The van der Waals surface area contributed by atoms with Crippen LogP contribution in [0.4, 0.5) is 0 Å². The van der Waals surface area contributed by atoms with Gasteiger partial charge in [0.05, 0.1) is 18.4 Å². The van der Waals surface area contributed by atoms with Gasteiger partial charge >= 0.3 is 0 Å². The van der Waals surface area contributed by atoms with Gasteiger partial charge in [-0.15, -0.1) is 0 Å². The van der Waals surface area contributed by atoms with Crippen molar-refractivity contribution in [2.75, 3.05) is 20.2 Å². The first kappa shape index (κ1) is 16.1. The summed E-state index contributed by atoms with van der Waals surface area (Å²) in [7, 11) is 5.74. The van der Waals surface area contributed by atoms with Crippen molar-refractivity contribution in [1.29, 1.82) is 0 Å². The molecule has 0 saturated carbocycles. The Morgan fingerprint density at radius 2 is 2.17 bits per heavy atom. The molecule has 0 radical (unpaired) electrons. The number of piperidine rings is 1. The standard InChI is InChI=1S/C17H27N5O/c1-13-15(17(23-4)21(3)19-13)12-22-8-5-6-14(11-22)10-16-18-7-9-20(16)2/h7,9,14H,5-6,8,10-12H2,1-4H3. The highest BCUT2D eigenvalue weighted by atomic mass is 16.5. The fourth-order valence-corrected chi connectivity index (χ4v) is 3.65. The molecule has 1 unspecified atom stereocenters. The Morgan fingerprint density at radius 1 is 1.35 bits per heavy atom. The van der Waals surface area contributed by atoms with Crippen LogP contribution in [0.5, 0.6) is 5.88 Å². The molecule has 0 aromatic carbocycles. The van der Waals surface area contributed by atoms with Crippen molar-refractivity contribution in [3.63, 3.8) is 0 Å². The van der Waals surface area contributed by atoms with Crippen molar-refractivity contribution in [2.45, 2.75) is 32.7 Å². The fraction of sp³-hybridized carbons (Fsp3) is 0.647. The SMILES string of the molecule is COc1c(CN2CCCC(Cc3nccn3C)C2)c(C)nn1C. The van der Waals surface area contributed by atoms with Crippen LogP contribution in [-0.4, -0.2) is 44.4 Å². The number of imidazole rings is 1. The van der Waals surface area contributed by atoms with E-state index in [0.29, 0.717) is 5.92 Å². The first-order valence-corrected chi connectivity index (χ1v) is 8.33. The van der Waals surface area contributed by atoms with E-state index in [1.54, 1.807) is 7.11 Å². The minimum absolute atomic E-state index is 0.674. The van der Waals surface area contributed by atoms with Crippen molar-refractivity contribution < 1.29 is 4.74 Å². The summed E-state index contributed by atoms with van der Waals surface area (Å²) in [6.45, 7) is 5.24. The minimum atomic E-state index is 0.674. The summed E-state index contributed by atoms with van der Waals surface area (Å²) in [5.74, 6) is 2.74. The van der Waals surface area contributed by atoms with E-state index in [-0.39, 0.29) is 0 Å². The second-order valence-corrected chi connectivity index (χ2v) is 6.60. The van der Waals surface area contributed by atoms with E-state index in [0.717, 1.165) is 37.6 Å². The van der Waals surface area contributed by atoms with Crippen molar-refractivity contribution >= 4 is 0 Å². The summed E-state index contributed by atoms with van der Waals surface area (Å²) in [5, 5.41) is 4.49. The Morgan fingerprint density at radius 3 is 2.87 bits per heavy atom. The smallest absolute Gasteiger partial charge is 0.216 e. The highest BCUT2D eigenvalue weighted by molar-refractivity contribution is 5.30. The molecule has 0 bridgehead atoms. The highest BCUT2D eigenvalue weighted by Gasteiger charge is 2.24. The number of nitrogens with zero attached hydrogens (tertiary/aromatic N) is 5. The third-order valence-electron chi connectivity index (χ3n) is 4.86. The molecule has 0 aliphatic carbocycles. The third kappa shape index (κ3) is 3.42. The fourth-order valence-electron chi connectivity index (χ4n) is 3.65. The zero-order valence-corrected chi connectivity index (χ0v) is 14.6. The van der Waals surface area contributed by atoms with Gasteiger partial charge < -0.3 is 9.30 Å². The maximum absolute atomic E-state index is 5.53. The van der Waals surface area contributed by atoms with Gasteiger partial charge in [-0.1, -0.05) is 0 Å². The molecule has 6 heteroatoms. The van der Waals surface area contributed by atoms with Gasteiger partial charge in [0, 0.05) is 46.0 Å². The van der Waals surface area contributed by atoms with Crippen LogP contribution in [0, 0.1) is 12.8 Å². The molecule has 1 saturated heterocycles. The van der Waals surface area contributed by atoms with Gasteiger partial charge in [0.1, 0.15) is 5.82 Å². The van der Waals surface area contributed by atoms with Crippen LogP contribution in [0.15, 0.2) is 12.4 Å². The number of aryl methyl sites for hydroxylation is 3. The van der Waals surface area contributed by atoms with Crippen LogP contribution in [0.1, 0.15) is 29.9 Å². The Kier molecular flexibility index (Phi) is 4.71. The van der Waals surface area contributed by atoms with E-state index in [2.05, 4.69) is 33.5 Å². The monoisotopic (exact) mass is 317 g/mol.